The summed E-state index contributed by atoms with van der Waals surface area (Å²) in [6.07, 6.45) is 0.0593. The number of phenolic OH excluding ortho intramolecular Hbond substituents is 1. The van der Waals surface area contributed by atoms with Crippen LogP contribution in [0.25, 0.3) is 0 Å². The second kappa shape index (κ2) is 5.18. The minimum Gasteiger partial charge on any atom is -0.508 e. The first-order valence-corrected chi connectivity index (χ1v) is 5.28. The first-order chi connectivity index (χ1) is 7.45. The van der Waals surface area contributed by atoms with Crippen molar-refractivity contribution in [3.63, 3.8) is 0 Å². The van der Waals surface area contributed by atoms with E-state index in [0.29, 0.717) is 15.8 Å². The number of aliphatic carboxylic acids is 1. The maximum Gasteiger partial charge on any atom is 0.320 e. The van der Waals surface area contributed by atoms with Gasteiger partial charge in [-0.3, -0.25) is 4.79 Å². The van der Waals surface area contributed by atoms with Gasteiger partial charge in [0.2, 0.25) is 0 Å². The van der Waals surface area contributed by atoms with Gasteiger partial charge in [0.1, 0.15) is 17.5 Å². The Morgan fingerprint density at radius 3 is 2.75 bits per heavy atom. The van der Waals surface area contributed by atoms with Crippen molar-refractivity contribution < 1.29 is 19.7 Å². The number of methoxy groups -OCH3 is 1. The highest BCUT2D eigenvalue weighted by molar-refractivity contribution is 9.10. The molecule has 0 heterocycles. The average Bonchev–Trinajstić information content (AvgIpc) is 2.22. The molecule has 0 saturated carbocycles. The molecule has 6 heteroatoms. The number of hydrogen-bond acceptors (Lipinski definition) is 4. The summed E-state index contributed by atoms with van der Waals surface area (Å²) in [5, 5.41) is 18.3. The second-order valence-corrected chi connectivity index (χ2v) is 4.12. The molecule has 0 fully saturated rings. The van der Waals surface area contributed by atoms with Gasteiger partial charge in [-0.2, -0.15) is 0 Å². The van der Waals surface area contributed by atoms with Crippen LogP contribution >= 0.6 is 15.9 Å². The zero-order valence-electron chi connectivity index (χ0n) is 8.61. The molecular formula is C10H12BrNO4. The van der Waals surface area contributed by atoms with Gasteiger partial charge in [-0.15, -0.1) is 0 Å². The molecule has 1 rings (SSSR count). The Balaban J connectivity index is 2.98. The van der Waals surface area contributed by atoms with Crippen LogP contribution in [0.5, 0.6) is 11.5 Å². The first kappa shape index (κ1) is 12.8. The van der Waals surface area contributed by atoms with Gasteiger partial charge in [-0.05, 0) is 27.6 Å². The summed E-state index contributed by atoms with van der Waals surface area (Å²) >= 11 is 3.24. The van der Waals surface area contributed by atoms with Gasteiger partial charge in [0, 0.05) is 12.5 Å². The summed E-state index contributed by atoms with van der Waals surface area (Å²) in [5.74, 6) is -0.659. The lowest BCUT2D eigenvalue weighted by Crippen LogP contribution is -2.32. The number of hydrogen-bond donors (Lipinski definition) is 3. The van der Waals surface area contributed by atoms with E-state index in [0.717, 1.165) is 0 Å². The van der Waals surface area contributed by atoms with Gasteiger partial charge in [-0.25, -0.2) is 0 Å². The number of carbonyl (C=O) groups is 1. The van der Waals surface area contributed by atoms with Gasteiger partial charge in [0.25, 0.3) is 0 Å². The summed E-state index contributed by atoms with van der Waals surface area (Å²) in [6.45, 7) is 0. The van der Waals surface area contributed by atoms with E-state index in [4.69, 9.17) is 15.6 Å². The highest BCUT2D eigenvalue weighted by Gasteiger charge is 2.16. The maximum atomic E-state index is 10.6. The van der Waals surface area contributed by atoms with E-state index in [-0.39, 0.29) is 12.2 Å². The molecule has 4 N–H and O–H groups in total. The number of rotatable bonds is 4. The quantitative estimate of drug-likeness (QED) is 0.772. The van der Waals surface area contributed by atoms with Gasteiger partial charge in [0.05, 0.1) is 11.6 Å². The van der Waals surface area contributed by atoms with Gasteiger partial charge in [0.15, 0.2) is 0 Å². The van der Waals surface area contributed by atoms with Crippen molar-refractivity contribution in [1.29, 1.82) is 0 Å². The highest BCUT2D eigenvalue weighted by Crippen LogP contribution is 2.32. The summed E-state index contributed by atoms with van der Waals surface area (Å²) in [6, 6.07) is 1.97. The molecule has 0 aliphatic rings. The fraction of sp³-hybridized carbons (Fsp3) is 0.300. The molecule has 0 radical (unpaired) electrons. The molecule has 0 saturated heterocycles. The summed E-state index contributed by atoms with van der Waals surface area (Å²) in [7, 11) is 1.47. The van der Waals surface area contributed by atoms with Crippen molar-refractivity contribution in [2.24, 2.45) is 5.73 Å². The number of aromatic hydroxyl groups is 1. The van der Waals surface area contributed by atoms with Gasteiger partial charge >= 0.3 is 5.97 Å². The number of nitrogens with two attached hydrogens (primary N) is 1. The number of phenols is 1. The average molecular weight is 290 g/mol. The van der Waals surface area contributed by atoms with Crippen LogP contribution < -0.4 is 10.5 Å². The lowest BCUT2D eigenvalue weighted by atomic mass is 10.1. The molecule has 0 spiro atoms. The Morgan fingerprint density at radius 2 is 2.25 bits per heavy atom. The van der Waals surface area contributed by atoms with Crippen LogP contribution in [0.3, 0.4) is 0 Å². The Kier molecular flexibility index (Phi) is 4.14. The van der Waals surface area contributed by atoms with E-state index in [9.17, 15) is 9.90 Å². The molecule has 88 valence electrons. The SMILES string of the molecule is COc1cc(O)c(CC(N)C(=O)O)cc1Br. The third-order valence-electron chi connectivity index (χ3n) is 2.11. The van der Waals surface area contributed by atoms with Crippen molar-refractivity contribution in [2.75, 3.05) is 7.11 Å². The first-order valence-electron chi connectivity index (χ1n) is 4.49. The number of halogens is 1. The van der Waals surface area contributed by atoms with E-state index in [1.54, 1.807) is 6.07 Å². The lowest BCUT2D eigenvalue weighted by Gasteiger charge is -2.11. The Hall–Kier alpha value is -1.27. The fourth-order valence-electron chi connectivity index (χ4n) is 1.23. The lowest BCUT2D eigenvalue weighted by molar-refractivity contribution is -0.138. The third-order valence-corrected chi connectivity index (χ3v) is 2.73. The van der Waals surface area contributed by atoms with Crippen molar-refractivity contribution in [3.8, 4) is 11.5 Å². The van der Waals surface area contributed by atoms with E-state index in [2.05, 4.69) is 15.9 Å². The molecule has 1 aromatic carbocycles. The minimum atomic E-state index is -1.11. The van der Waals surface area contributed by atoms with Crippen molar-refractivity contribution in [3.05, 3.63) is 22.2 Å². The van der Waals surface area contributed by atoms with Gasteiger partial charge < -0.3 is 20.7 Å². The van der Waals surface area contributed by atoms with Crippen LogP contribution in [-0.2, 0) is 11.2 Å². The van der Waals surface area contributed by atoms with E-state index in [1.165, 1.54) is 13.2 Å². The molecule has 1 unspecified atom stereocenters. The molecule has 0 aliphatic carbocycles. The van der Waals surface area contributed by atoms with E-state index < -0.39 is 12.0 Å². The number of carboxylic acid groups (broad SMARTS) is 1. The molecule has 5 nitrogen and oxygen atoms in total. The van der Waals surface area contributed by atoms with Crippen LogP contribution in [0.4, 0.5) is 0 Å². The summed E-state index contributed by atoms with van der Waals surface area (Å²) in [4.78, 5) is 10.6. The van der Waals surface area contributed by atoms with Gasteiger partial charge in [-0.1, -0.05) is 0 Å². The summed E-state index contributed by atoms with van der Waals surface area (Å²) in [5.41, 5.74) is 5.84. The Labute approximate surface area is 101 Å². The van der Waals surface area contributed by atoms with Crippen LogP contribution in [0.2, 0.25) is 0 Å². The van der Waals surface area contributed by atoms with Crippen LogP contribution in [0.1, 0.15) is 5.56 Å². The Bertz CT molecular complexity index is 408. The molecule has 0 amide bonds. The molecule has 0 aromatic heterocycles. The van der Waals surface area contributed by atoms with Crippen LogP contribution in [-0.4, -0.2) is 29.3 Å². The van der Waals surface area contributed by atoms with Crippen LogP contribution in [0, 0.1) is 0 Å². The highest BCUT2D eigenvalue weighted by atomic mass is 79.9. The topological polar surface area (TPSA) is 92.8 Å². The van der Waals surface area contributed by atoms with Crippen molar-refractivity contribution in [1.82, 2.24) is 0 Å². The predicted octanol–water partition coefficient (Wildman–Crippen LogP) is 1.12. The molecular weight excluding hydrogens is 278 g/mol. The zero-order valence-corrected chi connectivity index (χ0v) is 10.2. The molecule has 0 bridgehead atoms. The standard InChI is InChI=1S/C10H12BrNO4/c1-16-9-4-8(13)5(2-6(9)11)3-7(12)10(14)15/h2,4,7,13H,3,12H2,1H3,(H,14,15). The number of ether oxygens (including phenoxy) is 1. The Morgan fingerprint density at radius 1 is 1.62 bits per heavy atom. The van der Waals surface area contributed by atoms with E-state index in [1.807, 2.05) is 0 Å². The fourth-order valence-corrected chi connectivity index (χ4v) is 1.78. The number of carboxylic acids is 1. The maximum absolute atomic E-state index is 10.6. The second-order valence-electron chi connectivity index (χ2n) is 3.26. The molecule has 1 aromatic rings. The smallest absolute Gasteiger partial charge is 0.320 e. The normalized spacial score (nSPS) is 12.2. The summed E-state index contributed by atoms with van der Waals surface area (Å²) < 4.78 is 5.62. The molecule has 1 atom stereocenters. The monoisotopic (exact) mass is 289 g/mol. The minimum absolute atomic E-state index is 0.0308. The zero-order chi connectivity index (χ0) is 12.3. The molecule has 16 heavy (non-hydrogen) atoms. The van der Waals surface area contributed by atoms with Crippen LogP contribution in [0.15, 0.2) is 16.6 Å². The number of benzene rings is 1. The van der Waals surface area contributed by atoms with Crippen molar-refractivity contribution in [2.45, 2.75) is 12.5 Å². The largest absolute Gasteiger partial charge is 0.508 e. The van der Waals surface area contributed by atoms with E-state index >= 15 is 0 Å². The van der Waals surface area contributed by atoms with Crippen molar-refractivity contribution >= 4 is 21.9 Å². The predicted molar refractivity (Wildman–Crippen MR) is 61.7 cm³/mol. The third kappa shape index (κ3) is 2.86. The molecule has 0 aliphatic heterocycles.